The molecule has 0 radical (unpaired) electrons. The lowest BCUT2D eigenvalue weighted by molar-refractivity contribution is -0.385. The van der Waals surface area contributed by atoms with E-state index in [1.807, 2.05) is 6.07 Å². The molecular formula is C10H9N3O4S. The van der Waals surface area contributed by atoms with Gasteiger partial charge in [0.15, 0.2) is 0 Å². The predicted molar refractivity (Wildman–Crippen MR) is 63.1 cm³/mol. The summed E-state index contributed by atoms with van der Waals surface area (Å²) in [7, 11) is 0. The molecule has 1 unspecified atom stereocenters. The summed E-state index contributed by atoms with van der Waals surface area (Å²) < 4.78 is 0. The van der Waals surface area contributed by atoms with E-state index in [-0.39, 0.29) is 17.0 Å². The molecule has 94 valence electrons. The van der Waals surface area contributed by atoms with Crippen LogP contribution < -0.4 is 0 Å². The Balaban J connectivity index is 2.87. The van der Waals surface area contributed by atoms with Gasteiger partial charge in [-0.2, -0.15) is 5.26 Å². The van der Waals surface area contributed by atoms with Crippen molar-refractivity contribution < 1.29 is 14.8 Å². The number of hydrogen-bond donors (Lipinski definition) is 1. The van der Waals surface area contributed by atoms with Crippen LogP contribution in [0.5, 0.6) is 0 Å². The van der Waals surface area contributed by atoms with Gasteiger partial charge in [-0.15, -0.1) is 11.8 Å². The standard InChI is InChI=1S/C10H9N3O4S/c1-6(10(14)15)5-18-9-7(3-11)2-8(4-12-9)13(16)17/h2,4,6H,5H2,1H3,(H,14,15). The Kier molecular flexibility index (Phi) is 4.62. The molecular weight excluding hydrogens is 258 g/mol. The molecule has 1 aromatic rings. The number of aromatic nitrogens is 1. The molecule has 1 rings (SSSR count). The van der Waals surface area contributed by atoms with Gasteiger partial charge in [-0.3, -0.25) is 14.9 Å². The number of hydrogen-bond acceptors (Lipinski definition) is 6. The SMILES string of the molecule is CC(CSc1ncc([N+](=O)[O-])cc1C#N)C(=O)O. The first-order chi connectivity index (χ1) is 8.45. The molecule has 0 bridgehead atoms. The third-order valence-electron chi connectivity index (χ3n) is 2.06. The third-order valence-corrected chi connectivity index (χ3v) is 3.33. The first kappa shape index (κ1) is 13.9. The third kappa shape index (κ3) is 3.43. The number of carboxylic acids is 1. The molecule has 18 heavy (non-hydrogen) atoms. The largest absolute Gasteiger partial charge is 0.481 e. The minimum atomic E-state index is -0.942. The van der Waals surface area contributed by atoms with Crippen molar-refractivity contribution >= 4 is 23.4 Å². The van der Waals surface area contributed by atoms with Crippen molar-refractivity contribution in [1.82, 2.24) is 4.98 Å². The highest BCUT2D eigenvalue weighted by Crippen LogP contribution is 2.25. The topological polar surface area (TPSA) is 117 Å². The monoisotopic (exact) mass is 267 g/mol. The van der Waals surface area contributed by atoms with Crippen LogP contribution in [0.2, 0.25) is 0 Å². The number of carbonyl (C=O) groups is 1. The Hall–Kier alpha value is -2.14. The molecule has 1 N–H and O–H groups in total. The number of carboxylic acid groups (broad SMARTS) is 1. The van der Waals surface area contributed by atoms with Gasteiger partial charge < -0.3 is 5.11 Å². The van der Waals surface area contributed by atoms with Gasteiger partial charge in [-0.25, -0.2) is 4.98 Å². The first-order valence-corrected chi connectivity index (χ1v) is 5.84. The maximum absolute atomic E-state index is 10.6. The van der Waals surface area contributed by atoms with Crippen molar-refractivity contribution in [1.29, 1.82) is 5.26 Å². The Morgan fingerprint density at radius 3 is 2.94 bits per heavy atom. The fraction of sp³-hybridized carbons (Fsp3) is 0.300. The molecule has 0 saturated carbocycles. The first-order valence-electron chi connectivity index (χ1n) is 4.85. The maximum atomic E-state index is 10.6. The Morgan fingerprint density at radius 1 is 1.78 bits per heavy atom. The zero-order valence-corrected chi connectivity index (χ0v) is 10.2. The van der Waals surface area contributed by atoms with Crippen LogP contribution in [-0.4, -0.2) is 26.7 Å². The molecule has 0 spiro atoms. The van der Waals surface area contributed by atoms with Crippen LogP contribution in [0.3, 0.4) is 0 Å². The molecule has 1 atom stereocenters. The zero-order chi connectivity index (χ0) is 13.7. The van der Waals surface area contributed by atoms with E-state index in [1.54, 1.807) is 0 Å². The molecule has 0 aliphatic rings. The molecule has 0 amide bonds. The summed E-state index contributed by atoms with van der Waals surface area (Å²) in [5, 5.41) is 28.4. The van der Waals surface area contributed by atoms with Gasteiger partial charge in [-0.05, 0) is 0 Å². The van der Waals surface area contributed by atoms with E-state index in [0.717, 1.165) is 24.0 Å². The number of thioether (sulfide) groups is 1. The normalized spacial score (nSPS) is 11.6. The van der Waals surface area contributed by atoms with Gasteiger partial charge >= 0.3 is 5.97 Å². The zero-order valence-electron chi connectivity index (χ0n) is 9.36. The van der Waals surface area contributed by atoms with Crippen LogP contribution in [0, 0.1) is 27.4 Å². The lowest BCUT2D eigenvalue weighted by Gasteiger charge is -2.05. The summed E-state index contributed by atoms with van der Waals surface area (Å²) in [5.74, 6) is -1.28. The van der Waals surface area contributed by atoms with E-state index >= 15 is 0 Å². The highest BCUT2D eigenvalue weighted by atomic mass is 32.2. The van der Waals surface area contributed by atoms with Gasteiger partial charge in [0.1, 0.15) is 17.3 Å². The number of nitro groups is 1. The fourth-order valence-electron chi connectivity index (χ4n) is 1.01. The Bertz CT molecular complexity index is 526. The van der Waals surface area contributed by atoms with Crippen LogP contribution in [-0.2, 0) is 4.79 Å². The van der Waals surface area contributed by atoms with Crippen LogP contribution in [0.25, 0.3) is 0 Å². The number of nitrogens with zero attached hydrogens (tertiary/aromatic N) is 3. The summed E-state index contributed by atoms with van der Waals surface area (Å²) in [6.45, 7) is 1.53. The van der Waals surface area contributed by atoms with Gasteiger partial charge in [0.2, 0.25) is 0 Å². The fourth-order valence-corrected chi connectivity index (χ4v) is 1.95. The highest BCUT2D eigenvalue weighted by molar-refractivity contribution is 7.99. The van der Waals surface area contributed by atoms with Gasteiger partial charge in [0.05, 0.1) is 16.4 Å². The van der Waals surface area contributed by atoms with Crippen LogP contribution in [0.1, 0.15) is 12.5 Å². The minimum Gasteiger partial charge on any atom is -0.481 e. The van der Waals surface area contributed by atoms with Gasteiger partial charge in [0, 0.05) is 11.8 Å². The second-order valence-corrected chi connectivity index (χ2v) is 4.47. The number of nitriles is 1. The summed E-state index contributed by atoms with van der Waals surface area (Å²) in [4.78, 5) is 24.3. The molecule has 0 aliphatic heterocycles. The van der Waals surface area contributed by atoms with Crippen molar-refractivity contribution in [2.45, 2.75) is 11.9 Å². The minimum absolute atomic E-state index is 0.0757. The molecule has 0 saturated heterocycles. The Morgan fingerprint density at radius 2 is 2.44 bits per heavy atom. The average Bonchev–Trinajstić information content (AvgIpc) is 2.35. The Labute approximate surface area is 107 Å². The van der Waals surface area contributed by atoms with Crippen molar-refractivity contribution in [3.05, 3.63) is 27.9 Å². The van der Waals surface area contributed by atoms with Gasteiger partial charge in [-0.1, -0.05) is 6.92 Å². The molecule has 7 nitrogen and oxygen atoms in total. The van der Waals surface area contributed by atoms with Crippen LogP contribution in [0.4, 0.5) is 5.69 Å². The van der Waals surface area contributed by atoms with Crippen molar-refractivity contribution in [2.24, 2.45) is 5.92 Å². The molecule has 0 aromatic carbocycles. The molecule has 8 heteroatoms. The molecule has 0 fully saturated rings. The molecule has 1 heterocycles. The van der Waals surface area contributed by atoms with E-state index in [2.05, 4.69) is 4.98 Å². The van der Waals surface area contributed by atoms with Crippen molar-refractivity contribution in [3.8, 4) is 6.07 Å². The van der Waals surface area contributed by atoms with E-state index < -0.39 is 16.8 Å². The van der Waals surface area contributed by atoms with E-state index in [4.69, 9.17) is 10.4 Å². The van der Waals surface area contributed by atoms with Crippen molar-refractivity contribution in [2.75, 3.05) is 5.75 Å². The van der Waals surface area contributed by atoms with Gasteiger partial charge in [0.25, 0.3) is 5.69 Å². The second kappa shape index (κ2) is 5.97. The predicted octanol–water partition coefficient (Wildman–Crippen LogP) is 1.67. The summed E-state index contributed by atoms with van der Waals surface area (Å²) in [6, 6.07) is 2.93. The van der Waals surface area contributed by atoms with Crippen molar-refractivity contribution in [3.63, 3.8) is 0 Å². The number of rotatable bonds is 5. The van der Waals surface area contributed by atoms with E-state index in [9.17, 15) is 14.9 Å². The number of pyridine rings is 1. The van der Waals surface area contributed by atoms with Crippen LogP contribution in [0.15, 0.2) is 17.3 Å². The second-order valence-electron chi connectivity index (χ2n) is 3.47. The summed E-state index contributed by atoms with van der Waals surface area (Å²) in [5.41, 5.74) is -0.186. The maximum Gasteiger partial charge on any atom is 0.307 e. The summed E-state index contributed by atoms with van der Waals surface area (Å²) in [6.07, 6.45) is 1.05. The molecule has 1 aromatic heterocycles. The van der Waals surface area contributed by atoms with E-state index in [0.29, 0.717) is 5.03 Å². The number of aliphatic carboxylic acids is 1. The smallest absolute Gasteiger partial charge is 0.307 e. The van der Waals surface area contributed by atoms with E-state index in [1.165, 1.54) is 6.92 Å². The van der Waals surface area contributed by atoms with Crippen LogP contribution >= 0.6 is 11.8 Å². The highest BCUT2D eigenvalue weighted by Gasteiger charge is 2.16. The summed E-state index contributed by atoms with van der Waals surface area (Å²) >= 11 is 1.09. The average molecular weight is 267 g/mol. The molecule has 0 aliphatic carbocycles. The lowest BCUT2D eigenvalue weighted by atomic mass is 10.2. The lowest BCUT2D eigenvalue weighted by Crippen LogP contribution is -2.12. The quantitative estimate of drug-likeness (QED) is 0.489.